The van der Waals surface area contributed by atoms with Crippen LogP contribution in [0, 0.1) is 0 Å². The summed E-state index contributed by atoms with van der Waals surface area (Å²) in [6, 6.07) is 25.7. The number of nitrogens with one attached hydrogen (secondary N) is 1. The van der Waals surface area contributed by atoms with Gasteiger partial charge < -0.3 is 14.8 Å². The Morgan fingerprint density at radius 1 is 0.951 bits per heavy atom. The van der Waals surface area contributed by atoms with E-state index in [0.29, 0.717) is 51.7 Å². The number of fused-ring (bicyclic) bond motifs is 1. The molecular formula is C33H30N4O4. The highest BCUT2D eigenvalue weighted by Crippen LogP contribution is 2.32. The van der Waals surface area contributed by atoms with Gasteiger partial charge in [-0.15, -0.1) is 0 Å². The molecule has 1 aliphatic carbocycles. The Balaban J connectivity index is 1.30. The van der Waals surface area contributed by atoms with Gasteiger partial charge in [0.2, 0.25) is 0 Å². The molecule has 1 aliphatic rings. The summed E-state index contributed by atoms with van der Waals surface area (Å²) in [6.07, 6.45) is 6.60. The number of aromatic nitrogens is 3. The number of rotatable bonds is 8. The lowest BCUT2D eigenvalue weighted by molar-refractivity contribution is 0.102. The van der Waals surface area contributed by atoms with Gasteiger partial charge in [0.05, 0.1) is 18.9 Å². The SMILES string of the molecule is COc1cc(C(=O)Nc2cccc(-n3c(=O)c(Cc4ccccc4)nc4cccnc43)c2)ccc1OC1CCCC1. The highest BCUT2D eigenvalue weighted by atomic mass is 16.5. The van der Waals surface area contributed by atoms with Crippen molar-refractivity contribution in [1.29, 1.82) is 0 Å². The Labute approximate surface area is 237 Å². The molecule has 1 fully saturated rings. The number of hydrogen-bond acceptors (Lipinski definition) is 6. The zero-order chi connectivity index (χ0) is 28.2. The van der Waals surface area contributed by atoms with Crippen LogP contribution in [0.25, 0.3) is 16.9 Å². The summed E-state index contributed by atoms with van der Waals surface area (Å²) < 4.78 is 13.2. The van der Waals surface area contributed by atoms with Crippen molar-refractivity contribution in [2.24, 2.45) is 0 Å². The summed E-state index contributed by atoms with van der Waals surface area (Å²) in [7, 11) is 1.57. The molecule has 41 heavy (non-hydrogen) atoms. The van der Waals surface area contributed by atoms with Crippen LogP contribution in [0.2, 0.25) is 0 Å². The van der Waals surface area contributed by atoms with Gasteiger partial charge in [0.1, 0.15) is 11.2 Å². The number of methoxy groups -OCH3 is 1. The Morgan fingerprint density at radius 3 is 2.59 bits per heavy atom. The van der Waals surface area contributed by atoms with Gasteiger partial charge >= 0.3 is 0 Å². The fourth-order valence-electron chi connectivity index (χ4n) is 5.23. The average molecular weight is 547 g/mol. The first-order chi connectivity index (χ1) is 20.1. The molecule has 0 aliphatic heterocycles. The number of nitrogens with zero attached hydrogens (tertiary/aromatic N) is 3. The van der Waals surface area contributed by atoms with E-state index in [9.17, 15) is 9.59 Å². The largest absolute Gasteiger partial charge is 0.493 e. The van der Waals surface area contributed by atoms with Crippen molar-refractivity contribution in [1.82, 2.24) is 14.5 Å². The molecule has 0 saturated heterocycles. The van der Waals surface area contributed by atoms with E-state index < -0.39 is 0 Å². The van der Waals surface area contributed by atoms with Crippen molar-refractivity contribution < 1.29 is 14.3 Å². The molecule has 0 radical (unpaired) electrons. The first-order valence-corrected chi connectivity index (χ1v) is 13.8. The summed E-state index contributed by atoms with van der Waals surface area (Å²) in [4.78, 5) is 36.0. The Morgan fingerprint density at radius 2 is 1.78 bits per heavy atom. The van der Waals surface area contributed by atoms with E-state index in [1.807, 2.05) is 42.5 Å². The first-order valence-electron chi connectivity index (χ1n) is 13.8. The maximum atomic E-state index is 13.7. The minimum Gasteiger partial charge on any atom is -0.493 e. The molecule has 1 N–H and O–H groups in total. The summed E-state index contributed by atoms with van der Waals surface area (Å²) in [6.45, 7) is 0. The second-order valence-electron chi connectivity index (χ2n) is 10.1. The van der Waals surface area contributed by atoms with Gasteiger partial charge in [0.25, 0.3) is 11.5 Å². The second-order valence-corrected chi connectivity index (χ2v) is 10.1. The molecule has 0 spiro atoms. The third-order valence-electron chi connectivity index (χ3n) is 7.28. The monoisotopic (exact) mass is 546 g/mol. The molecule has 2 aromatic heterocycles. The maximum Gasteiger partial charge on any atom is 0.278 e. The molecule has 2 heterocycles. The van der Waals surface area contributed by atoms with Gasteiger partial charge in [-0.1, -0.05) is 36.4 Å². The van der Waals surface area contributed by atoms with Crippen LogP contribution < -0.4 is 20.3 Å². The van der Waals surface area contributed by atoms with Crippen LogP contribution in [0.5, 0.6) is 11.5 Å². The van der Waals surface area contributed by atoms with Gasteiger partial charge in [-0.25, -0.2) is 9.97 Å². The lowest BCUT2D eigenvalue weighted by Gasteiger charge is -2.16. The van der Waals surface area contributed by atoms with Crippen molar-refractivity contribution >= 4 is 22.8 Å². The smallest absolute Gasteiger partial charge is 0.278 e. The number of carbonyl (C=O) groups excluding carboxylic acids is 1. The quantitative estimate of drug-likeness (QED) is 0.258. The van der Waals surface area contributed by atoms with Gasteiger partial charge in [-0.3, -0.25) is 14.2 Å². The summed E-state index contributed by atoms with van der Waals surface area (Å²) in [5, 5.41) is 2.95. The van der Waals surface area contributed by atoms with E-state index in [1.54, 1.807) is 60.3 Å². The molecule has 5 aromatic rings. The summed E-state index contributed by atoms with van der Waals surface area (Å²) >= 11 is 0. The topological polar surface area (TPSA) is 95.3 Å². The zero-order valence-electron chi connectivity index (χ0n) is 22.7. The van der Waals surface area contributed by atoms with E-state index in [2.05, 4.69) is 15.3 Å². The molecule has 1 amide bonds. The lowest BCUT2D eigenvalue weighted by atomic mass is 10.1. The third kappa shape index (κ3) is 5.68. The molecule has 1 saturated carbocycles. The average Bonchev–Trinajstić information content (AvgIpc) is 3.51. The van der Waals surface area contributed by atoms with Crippen LogP contribution in [0.15, 0.2) is 95.9 Å². The third-order valence-corrected chi connectivity index (χ3v) is 7.28. The minimum absolute atomic E-state index is 0.182. The molecule has 206 valence electrons. The molecule has 6 rings (SSSR count). The van der Waals surface area contributed by atoms with Crippen molar-refractivity contribution in [3.05, 3.63) is 118 Å². The molecule has 0 bridgehead atoms. The number of benzene rings is 3. The Hall–Kier alpha value is -4.98. The molecule has 8 nitrogen and oxygen atoms in total. The van der Waals surface area contributed by atoms with Gasteiger partial charge in [-0.05, 0) is 79.8 Å². The van der Waals surface area contributed by atoms with Gasteiger partial charge in [0, 0.05) is 23.9 Å². The van der Waals surface area contributed by atoms with Crippen LogP contribution in [0.1, 0.15) is 47.3 Å². The maximum absolute atomic E-state index is 13.7. The van der Waals surface area contributed by atoms with Crippen LogP contribution in [-0.2, 0) is 6.42 Å². The van der Waals surface area contributed by atoms with Gasteiger partial charge in [0.15, 0.2) is 17.1 Å². The number of ether oxygens (including phenoxy) is 2. The van der Waals surface area contributed by atoms with E-state index in [1.165, 1.54) is 12.8 Å². The van der Waals surface area contributed by atoms with Crippen LogP contribution in [0.4, 0.5) is 5.69 Å². The van der Waals surface area contributed by atoms with Crippen molar-refractivity contribution in [3.63, 3.8) is 0 Å². The van der Waals surface area contributed by atoms with Crippen LogP contribution >= 0.6 is 0 Å². The zero-order valence-corrected chi connectivity index (χ0v) is 22.7. The Bertz CT molecular complexity index is 1760. The molecular weight excluding hydrogens is 516 g/mol. The van der Waals surface area contributed by atoms with E-state index >= 15 is 0 Å². The number of hydrogen-bond donors (Lipinski definition) is 1. The van der Waals surface area contributed by atoms with E-state index in [-0.39, 0.29) is 17.6 Å². The van der Waals surface area contributed by atoms with Crippen molar-refractivity contribution in [3.8, 4) is 17.2 Å². The van der Waals surface area contributed by atoms with Gasteiger partial charge in [-0.2, -0.15) is 0 Å². The number of pyridine rings is 1. The fourth-order valence-corrected chi connectivity index (χ4v) is 5.23. The van der Waals surface area contributed by atoms with E-state index in [0.717, 1.165) is 18.4 Å². The highest BCUT2D eigenvalue weighted by molar-refractivity contribution is 6.04. The predicted octanol–water partition coefficient (Wildman–Crippen LogP) is 5.95. The molecule has 3 aromatic carbocycles. The molecule has 0 atom stereocenters. The van der Waals surface area contributed by atoms with Crippen LogP contribution in [0.3, 0.4) is 0 Å². The fraction of sp³-hybridized carbons (Fsp3) is 0.212. The number of carbonyl (C=O) groups is 1. The highest BCUT2D eigenvalue weighted by Gasteiger charge is 2.20. The predicted molar refractivity (Wildman–Crippen MR) is 158 cm³/mol. The minimum atomic E-state index is -0.303. The summed E-state index contributed by atoms with van der Waals surface area (Å²) in [5.41, 5.74) is 3.75. The first kappa shape index (κ1) is 26.3. The lowest BCUT2D eigenvalue weighted by Crippen LogP contribution is -2.25. The van der Waals surface area contributed by atoms with Crippen molar-refractivity contribution in [2.45, 2.75) is 38.2 Å². The van der Waals surface area contributed by atoms with Crippen molar-refractivity contribution in [2.75, 3.05) is 12.4 Å². The Kier molecular flexibility index (Phi) is 7.45. The standard InChI is InChI=1S/C33H30N4O4/c1-40-30-20-23(16-17-29(30)41-26-13-5-6-14-26)32(38)35-24-11-7-12-25(21-24)37-31-27(15-8-18-34-31)36-28(33(37)39)19-22-9-3-2-4-10-22/h2-4,7-12,15-18,20-21,26H,5-6,13-14,19H2,1H3,(H,35,38). The van der Waals surface area contributed by atoms with E-state index in [4.69, 9.17) is 9.47 Å². The molecule has 0 unspecified atom stereocenters. The number of amides is 1. The number of anilines is 1. The van der Waals surface area contributed by atoms with Crippen LogP contribution in [-0.4, -0.2) is 33.7 Å². The summed E-state index contributed by atoms with van der Waals surface area (Å²) in [5.74, 6) is 0.855. The second kappa shape index (κ2) is 11.6. The molecule has 8 heteroatoms. The normalized spacial score (nSPS) is 13.3.